The number of hydrogen-bond acceptors (Lipinski definition) is 4. The quantitative estimate of drug-likeness (QED) is 0.451. The minimum absolute atomic E-state index is 0.0783. The number of carbonyl (C=O) groups is 1. The number of amides is 1. The third-order valence-electron chi connectivity index (χ3n) is 8.37. The summed E-state index contributed by atoms with van der Waals surface area (Å²) in [5.41, 5.74) is 4.06. The van der Waals surface area contributed by atoms with Gasteiger partial charge in [0.15, 0.2) is 0 Å². The van der Waals surface area contributed by atoms with Crippen molar-refractivity contribution in [1.82, 2.24) is 9.80 Å². The number of ether oxygens (including phenoxy) is 1. The molecule has 1 aliphatic carbocycles. The number of aromatic hydroxyl groups is 1. The van der Waals surface area contributed by atoms with Crippen LogP contribution in [0.5, 0.6) is 11.5 Å². The number of hydrogen-bond donors (Lipinski definition) is 1. The summed E-state index contributed by atoms with van der Waals surface area (Å²) in [7, 11) is 0. The zero-order chi connectivity index (χ0) is 25.2. The molecule has 1 N–H and O–H groups in total. The lowest BCUT2D eigenvalue weighted by Gasteiger charge is -2.44. The van der Waals surface area contributed by atoms with Gasteiger partial charge in [-0.3, -0.25) is 9.69 Å². The molecule has 3 aliphatic rings. The second-order valence-corrected chi connectivity index (χ2v) is 10.9. The van der Waals surface area contributed by atoms with Crippen molar-refractivity contribution in [3.05, 3.63) is 95.1 Å². The van der Waals surface area contributed by atoms with Crippen LogP contribution in [0.25, 0.3) is 0 Å². The molecule has 5 heteroatoms. The molecular formula is C32H36N2O3. The third-order valence-corrected chi connectivity index (χ3v) is 8.37. The number of piperidine rings is 1. The molecule has 6 rings (SSSR count). The van der Waals surface area contributed by atoms with Crippen molar-refractivity contribution in [1.29, 1.82) is 0 Å². The fourth-order valence-corrected chi connectivity index (χ4v) is 6.24. The summed E-state index contributed by atoms with van der Waals surface area (Å²) in [6.07, 6.45) is 7.47. The van der Waals surface area contributed by atoms with Gasteiger partial charge in [-0.05, 0) is 105 Å². The number of likely N-dealkylation sites (tertiary alicyclic amines) is 1. The second-order valence-electron chi connectivity index (χ2n) is 10.9. The van der Waals surface area contributed by atoms with Crippen LogP contribution >= 0.6 is 0 Å². The molecule has 0 aromatic heterocycles. The molecule has 2 heterocycles. The Morgan fingerprint density at radius 1 is 0.946 bits per heavy atom. The van der Waals surface area contributed by atoms with E-state index in [-0.39, 0.29) is 17.5 Å². The van der Waals surface area contributed by atoms with Crippen molar-refractivity contribution in [3.63, 3.8) is 0 Å². The standard InChI is InChI=1S/C32H36N2O3/c35-27-11-14-29-26(22-27)23-32(15-16-32)34(31(36)25-7-3-1-4-8-25)30(29)21-24-9-12-28(13-10-24)37-20-19-33-17-5-2-6-18-33/h1,3-4,7-14,22,30,35H,2,5-6,15-21,23H2. The molecule has 1 unspecified atom stereocenters. The van der Waals surface area contributed by atoms with Crippen molar-refractivity contribution in [2.75, 3.05) is 26.2 Å². The van der Waals surface area contributed by atoms with E-state index in [0.29, 0.717) is 12.4 Å². The van der Waals surface area contributed by atoms with Gasteiger partial charge in [0, 0.05) is 17.6 Å². The lowest BCUT2D eigenvalue weighted by atomic mass is 9.83. The molecule has 0 bridgehead atoms. The largest absolute Gasteiger partial charge is 0.508 e. The molecule has 0 radical (unpaired) electrons. The average Bonchev–Trinajstić information content (AvgIpc) is 3.69. The monoisotopic (exact) mass is 496 g/mol. The number of nitrogens with zero attached hydrogens (tertiary/aromatic N) is 2. The summed E-state index contributed by atoms with van der Waals surface area (Å²) in [5, 5.41) is 10.2. The Labute approximate surface area is 219 Å². The Kier molecular flexibility index (Phi) is 6.64. The van der Waals surface area contributed by atoms with Crippen molar-refractivity contribution in [3.8, 4) is 11.5 Å². The first-order chi connectivity index (χ1) is 18.1. The Hall–Kier alpha value is -3.31. The maximum absolute atomic E-state index is 13.9. The molecule has 5 nitrogen and oxygen atoms in total. The zero-order valence-corrected chi connectivity index (χ0v) is 21.4. The van der Waals surface area contributed by atoms with Gasteiger partial charge >= 0.3 is 0 Å². The average molecular weight is 497 g/mol. The van der Waals surface area contributed by atoms with Crippen LogP contribution in [0.2, 0.25) is 0 Å². The minimum atomic E-state index is -0.157. The van der Waals surface area contributed by atoms with Crippen molar-refractivity contribution in [2.45, 2.75) is 56.5 Å². The van der Waals surface area contributed by atoms with Gasteiger partial charge in [0.2, 0.25) is 0 Å². The summed E-state index contributed by atoms with van der Waals surface area (Å²) in [4.78, 5) is 18.5. The first kappa shape index (κ1) is 24.1. The smallest absolute Gasteiger partial charge is 0.254 e. The summed E-state index contributed by atoms with van der Waals surface area (Å²) >= 11 is 0. The SMILES string of the molecule is O=C(c1ccccc1)N1C(Cc2ccc(OCCN3CCCCC3)cc2)c2ccc(O)cc2CC12CC2. The predicted molar refractivity (Wildman–Crippen MR) is 145 cm³/mol. The van der Waals surface area contributed by atoms with Gasteiger partial charge in [0.05, 0.1) is 6.04 Å². The topological polar surface area (TPSA) is 53.0 Å². The lowest BCUT2D eigenvalue weighted by Crippen LogP contribution is -2.49. The summed E-state index contributed by atoms with van der Waals surface area (Å²) in [6.45, 7) is 4.05. The van der Waals surface area contributed by atoms with Crippen LogP contribution in [0.3, 0.4) is 0 Å². The van der Waals surface area contributed by atoms with Crippen molar-refractivity contribution in [2.24, 2.45) is 0 Å². The van der Waals surface area contributed by atoms with Gasteiger partial charge in [0.25, 0.3) is 5.91 Å². The first-order valence-corrected chi connectivity index (χ1v) is 13.8. The van der Waals surface area contributed by atoms with Crippen LogP contribution < -0.4 is 4.74 Å². The van der Waals surface area contributed by atoms with Crippen LogP contribution in [-0.4, -0.2) is 52.6 Å². The number of phenolic OH excluding ortho intramolecular Hbond substituents is 1. The molecule has 3 aromatic carbocycles. The van der Waals surface area contributed by atoms with Gasteiger partial charge < -0.3 is 14.7 Å². The highest BCUT2D eigenvalue weighted by atomic mass is 16.5. The fraction of sp³-hybridized carbons (Fsp3) is 0.406. The minimum Gasteiger partial charge on any atom is -0.508 e. The van der Waals surface area contributed by atoms with Crippen LogP contribution in [-0.2, 0) is 12.8 Å². The summed E-state index contributed by atoms with van der Waals surface area (Å²) in [5.74, 6) is 1.28. The molecule has 1 spiro atoms. The number of phenols is 1. The van der Waals surface area contributed by atoms with E-state index in [0.717, 1.165) is 54.7 Å². The normalized spacial score (nSPS) is 20.4. The number of carbonyl (C=O) groups excluding carboxylic acids is 1. The Morgan fingerprint density at radius 3 is 2.43 bits per heavy atom. The van der Waals surface area contributed by atoms with E-state index in [1.165, 1.54) is 37.9 Å². The van der Waals surface area contributed by atoms with Crippen LogP contribution in [0.15, 0.2) is 72.8 Å². The second kappa shape index (κ2) is 10.2. The molecular weight excluding hydrogens is 460 g/mol. The van der Waals surface area contributed by atoms with Crippen LogP contribution in [0, 0.1) is 0 Å². The first-order valence-electron chi connectivity index (χ1n) is 13.8. The molecule has 37 heavy (non-hydrogen) atoms. The predicted octanol–water partition coefficient (Wildman–Crippen LogP) is 5.77. The number of benzene rings is 3. The lowest BCUT2D eigenvalue weighted by molar-refractivity contribution is 0.0486. The Bertz CT molecular complexity index is 1230. The molecule has 2 aliphatic heterocycles. The van der Waals surface area contributed by atoms with Gasteiger partial charge in [-0.1, -0.05) is 42.8 Å². The van der Waals surface area contributed by atoms with E-state index < -0.39 is 0 Å². The summed E-state index contributed by atoms with van der Waals surface area (Å²) < 4.78 is 6.05. The third kappa shape index (κ3) is 5.10. The molecule has 1 saturated heterocycles. The maximum atomic E-state index is 13.9. The molecule has 1 atom stereocenters. The molecule has 1 amide bonds. The van der Waals surface area contributed by atoms with E-state index in [9.17, 15) is 9.90 Å². The van der Waals surface area contributed by atoms with E-state index in [2.05, 4.69) is 34.1 Å². The van der Waals surface area contributed by atoms with Crippen molar-refractivity contribution < 1.29 is 14.6 Å². The Morgan fingerprint density at radius 2 is 1.70 bits per heavy atom. The van der Waals surface area contributed by atoms with E-state index in [4.69, 9.17) is 4.74 Å². The van der Waals surface area contributed by atoms with E-state index in [1.807, 2.05) is 42.5 Å². The molecule has 3 aromatic rings. The Balaban J connectivity index is 1.22. The molecule has 192 valence electrons. The van der Waals surface area contributed by atoms with E-state index >= 15 is 0 Å². The highest BCUT2D eigenvalue weighted by molar-refractivity contribution is 5.95. The number of rotatable bonds is 7. The van der Waals surface area contributed by atoms with Gasteiger partial charge in [-0.25, -0.2) is 0 Å². The van der Waals surface area contributed by atoms with Gasteiger partial charge in [-0.2, -0.15) is 0 Å². The zero-order valence-electron chi connectivity index (χ0n) is 21.4. The van der Waals surface area contributed by atoms with E-state index in [1.54, 1.807) is 6.07 Å². The maximum Gasteiger partial charge on any atom is 0.254 e. The summed E-state index contributed by atoms with van der Waals surface area (Å²) in [6, 6.07) is 23.6. The highest BCUT2D eigenvalue weighted by Gasteiger charge is 2.55. The fourth-order valence-electron chi connectivity index (χ4n) is 6.24. The van der Waals surface area contributed by atoms with Crippen LogP contribution in [0.1, 0.15) is 65.2 Å². The molecule has 2 fully saturated rings. The molecule has 1 saturated carbocycles. The van der Waals surface area contributed by atoms with Gasteiger partial charge in [0.1, 0.15) is 18.1 Å². The number of fused-ring (bicyclic) bond motifs is 1. The van der Waals surface area contributed by atoms with Crippen LogP contribution in [0.4, 0.5) is 0 Å². The highest BCUT2D eigenvalue weighted by Crippen LogP contribution is 2.54. The van der Waals surface area contributed by atoms with Crippen molar-refractivity contribution >= 4 is 5.91 Å². The van der Waals surface area contributed by atoms with Gasteiger partial charge in [-0.15, -0.1) is 0 Å².